The summed E-state index contributed by atoms with van der Waals surface area (Å²) < 4.78 is 28.2. The molecule has 170 valence electrons. The molecule has 0 spiro atoms. The Balaban J connectivity index is 1.57. The van der Waals surface area contributed by atoms with Crippen molar-refractivity contribution in [3.05, 3.63) is 48.0 Å². The van der Waals surface area contributed by atoms with Crippen molar-refractivity contribution in [2.75, 3.05) is 23.0 Å². The second kappa shape index (κ2) is 8.88. The van der Waals surface area contributed by atoms with Crippen LogP contribution in [0.5, 0.6) is 0 Å². The number of nitrogens with one attached hydrogen (secondary N) is 1. The first kappa shape index (κ1) is 22.8. The van der Waals surface area contributed by atoms with Crippen molar-refractivity contribution in [3.8, 4) is 0 Å². The lowest BCUT2D eigenvalue weighted by Gasteiger charge is -2.24. The fourth-order valence-corrected chi connectivity index (χ4v) is 6.77. The number of rotatable bonds is 5. The Morgan fingerprint density at radius 1 is 1.16 bits per heavy atom. The van der Waals surface area contributed by atoms with Gasteiger partial charge in [0, 0.05) is 35.8 Å². The Morgan fingerprint density at radius 2 is 1.94 bits per heavy atom. The van der Waals surface area contributed by atoms with Crippen molar-refractivity contribution in [2.24, 2.45) is 0 Å². The molecule has 0 aliphatic carbocycles. The highest BCUT2D eigenvalue weighted by Crippen LogP contribution is 2.36. The minimum atomic E-state index is -3.85. The molecule has 1 fully saturated rings. The van der Waals surface area contributed by atoms with Crippen LogP contribution in [0.3, 0.4) is 0 Å². The van der Waals surface area contributed by atoms with Gasteiger partial charge in [-0.1, -0.05) is 6.07 Å². The third-order valence-corrected chi connectivity index (χ3v) is 8.69. The summed E-state index contributed by atoms with van der Waals surface area (Å²) in [5.74, 6) is -0.379. The van der Waals surface area contributed by atoms with E-state index in [0.717, 1.165) is 16.1 Å². The van der Waals surface area contributed by atoms with Crippen molar-refractivity contribution in [2.45, 2.75) is 55.0 Å². The summed E-state index contributed by atoms with van der Waals surface area (Å²) in [6.45, 7) is 3.76. The second-order valence-corrected chi connectivity index (χ2v) is 11.0. The summed E-state index contributed by atoms with van der Waals surface area (Å²) in [6, 6.07) is 11.6. The summed E-state index contributed by atoms with van der Waals surface area (Å²) in [5.41, 5.74) is 2.25. The van der Waals surface area contributed by atoms with Crippen molar-refractivity contribution >= 4 is 45.0 Å². The number of thioether (sulfide) groups is 1. The fourth-order valence-electron chi connectivity index (χ4n) is 4.60. The van der Waals surface area contributed by atoms with E-state index in [0.29, 0.717) is 31.5 Å². The van der Waals surface area contributed by atoms with Gasteiger partial charge in [-0.3, -0.25) is 9.59 Å². The number of sulfonamides is 1. The van der Waals surface area contributed by atoms with Crippen LogP contribution in [-0.4, -0.2) is 49.4 Å². The second-order valence-electron chi connectivity index (χ2n) is 8.23. The Hall–Kier alpha value is -2.36. The van der Waals surface area contributed by atoms with Gasteiger partial charge in [0.25, 0.3) is 0 Å². The van der Waals surface area contributed by atoms with Crippen LogP contribution in [0.4, 0.5) is 11.4 Å². The lowest BCUT2D eigenvalue weighted by Crippen LogP contribution is -2.43. The predicted molar refractivity (Wildman–Crippen MR) is 127 cm³/mol. The van der Waals surface area contributed by atoms with E-state index in [1.165, 1.54) is 17.3 Å². The van der Waals surface area contributed by atoms with Gasteiger partial charge in [-0.05, 0) is 74.4 Å². The van der Waals surface area contributed by atoms with Crippen molar-refractivity contribution < 1.29 is 18.0 Å². The van der Waals surface area contributed by atoms with E-state index >= 15 is 0 Å². The molecule has 2 aromatic rings. The van der Waals surface area contributed by atoms with Gasteiger partial charge in [0.05, 0.1) is 4.90 Å². The first-order chi connectivity index (χ1) is 15.2. The molecule has 0 radical (unpaired) electrons. The van der Waals surface area contributed by atoms with Gasteiger partial charge in [0.15, 0.2) is 0 Å². The van der Waals surface area contributed by atoms with E-state index < -0.39 is 16.1 Å². The van der Waals surface area contributed by atoms with Gasteiger partial charge in [0.2, 0.25) is 21.8 Å². The highest BCUT2D eigenvalue weighted by molar-refractivity contribution is 7.98. The highest BCUT2D eigenvalue weighted by Gasteiger charge is 2.40. The van der Waals surface area contributed by atoms with Gasteiger partial charge in [-0.15, -0.1) is 11.8 Å². The van der Waals surface area contributed by atoms with E-state index in [1.807, 2.05) is 31.4 Å². The Morgan fingerprint density at radius 3 is 2.66 bits per heavy atom. The molecule has 2 atom stereocenters. The molecular weight excluding hydrogens is 446 g/mol. The molecule has 1 N–H and O–H groups in total. The maximum absolute atomic E-state index is 13.5. The topological polar surface area (TPSA) is 86.8 Å². The van der Waals surface area contributed by atoms with Crippen LogP contribution in [0.1, 0.15) is 32.3 Å². The van der Waals surface area contributed by atoms with E-state index in [1.54, 1.807) is 34.9 Å². The van der Waals surface area contributed by atoms with Crippen LogP contribution in [0, 0.1) is 0 Å². The predicted octanol–water partition coefficient (Wildman–Crippen LogP) is 3.50. The van der Waals surface area contributed by atoms with Crippen LogP contribution in [-0.2, 0) is 26.0 Å². The summed E-state index contributed by atoms with van der Waals surface area (Å²) >= 11 is 1.57. The number of amides is 2. The number of anilines is 2. The first-order valence-electron chi connectivity index (χ1n) is 10.6. The normalized spacial score (nSPS) is 20.9. The van der Waals surface area contributed by atoms with Gasteiger partial charge < -0.3 is 10.2 Å². The SMILES string of the molecule is CSc1cccc(NC(=O)C2CCCN2S(=O)(=O)c2ccc3c(c2)CC(C)N3C(C)=O)c1. The molecule has 2 amide bonds. The molecule has 7 nitrogen and oxygen atoms in total. The maximum atomic E-state index is 13.5. The highest BCUT2D eigenvalue weighted by atomic mass is 32.2. The molecule has 32 heavy (non-hydrogen) atoms. The van der Waals surface area contributed by atoms with E-state index in [2.05, 4.69) is 5.32 Å². The van der Waals surface area contributed by atoms with Crippen LogP contribution in [0.2, 0.25) is 0 Å². The molecule has 0 saturated carbocycles. The molecule has 2 heterocycles. The summed E-state index contributed by atoms with van der Waals surface area (Å²) in [6.07, 6.45) is 3.67. The average Bonchev–Trinajstić information content (AvgIpc) is 3.37. The van der Waals surface area contributed by atoms with Gasteiger partial charge in [0.1, 0.15) is 6.04 Å². The third kappa shape index (κ3) is 4.16. The molecule has 4 rings (SSSR count). The number of fused-ring (bicyclic) bond motifs is 1. The Bertz CT molecular complexity index is 1170. The number of nitrogens with zero attached hydrogens (tertiary/aromatic N) is 2. The van der Waals surface area contributed by atoms with Crippen molar-refractivity contribution in [1.29, 1.82) is 0 Å². The molecule has 1 saturated heterocycles. The Labute approximate surface area is 193 Å². The largest absolute Gasteiger partial charge is 0.325 e. The zero-order chi connectivity index (χ0) is 23.0. The molecule has 2 aromatic carbocycles. The molecule has 2 aliphatic rings. The zero-order valence-corrected chi connectivity index (χ0v) is 20.0. The van der Waals surface area contributed by atoms with E-state index in [4.69, 9.17) is 0 Å². The molecule has 0 aromatic heterocycles. The summed E-state index contributed by atoms with van der Waals surface area (Å²) in [7, 11) is -3.85. The quantitative estimate of drug-likeness (QED) is 0.672. The standard InChI is InChI=1S/C23H27N3O4S2/c1-15-12-17-13-20(9-10-21(17)26(15)16(2)27)32(29,30)25-11-5-8-22(25)23(28)24-18-6-4-7-19(14-18)31-3/h4,6-7,9-10,13-15,22H,5,8,11-12H2,1-3H3,(H,24,28). The van der Waals surface area contributed by atoms with E-state index in [9.17, 15) is 18.0 Å². The number of hydrogen-bond acceptors (Lipinski definition) is 5. The summed E-state index contributed by atoms with van der Waals surface area (Å²) in [4.78, 5) is 27.8. The molecule has 2 unspecified atom stereocenters. The molecule has 2 aliphatic heterocycles. The first-order valence-corrected chi connectivity index (χ1v) is 13.3. The Kier molecular flexibility index (Phi) is 6.33. The average molecular weight is 474 g/mol. The molecular formula is C23H27N3O4S2. The molecule has 0 bridgehead atoms. The third-order valence-electron chi connectivity index (χ3n) is 6.06. The zero-order valence-electron chi connectivity index (χ0n) is 18.4. The lowest BCUT2D eigenvalue weighted by molar-refractivity contribution is -0.119. The number of hydrogen-bond donors (Lipinski definition) is 1. The number of carbonyl (C=O) groups is 2. The number of benzene rings is 2. The van der Waals surface area contributed by atoms with Gasteiger partial charge in [-0.2, -0.15) is 4.31 Å². The van der Waals surface area contributed by atoms with Crippen molar-refractivity contribution in [3.63, 3.8) is 0 Å². The summed E-state index contributed by atoms with van der Waals surface area (Å²) in [5, 5.41) is 2.88. The molecule has 9 heteroatoms. The monoisotopic (exact) mass is 473 g/mol. The minimum Gasteiger partial charge on any atom is -0.325 e. The van der Waals surface area contributed by atoms with Crippen LogP contribution in [0.25, 0.3) is 0 Å². The minimum absolute atomic E-state index is 0.0113. The number of carbonyl (C=O) groups excluding carboxylic acids is 2. The maximum Gasteiger partial charge on any atom is 0.243 e. The lowest BCUT2D eigenvalue weighted by atomic mass is 10.1. The van der Waals surface area contributed by atoms with Crippen molar-refractivity contribution in [1.82, 2.24) is 4.31 Å². The fraction of sp³-hybridized carbons (Fsp3) is 0.391. The smallest absolute Gasteiger partial charge is 0.243 e. The van der Waals surface area contributed by atoms with Crippen LogP contribution < -0.4 is 10.2 Å². The van der Waals surface area contributed by atoms with E-state index in [-0.39, 0.29) is 22.8 Å². The van der Waals surface area contributed by atoms with Crippen LogP contribution in [0.15, 0.2) is 52.3 Å². The van der Waals surface area contributed by atoms with Gasteiger partial charge in [-0.25, -0.2) is 8.42 Å². The van der Waals surface area contributed by atoms with Crippen LogP contribution >= 0.6 is 11.8 Å². The van der Waals surface area contributed by atoms with Gasteiger partial charge >= 0.3 is 0 Å².